The van der Waals surface area contributed by atoms with Crippen LogP contribution in [-0.4, -0.2) is 57.8 Å². The average molecular weight is 489 g/mol. The number of carbonyl (C=O) groups is 3. The zero-order valence-electron chi connectivity index (χ0n) is 18.0. The van der Waals surface area contributed by atoms with Gasteiger partial charge < -0.3 is 37.4 Å². The van der Waals surface area contributed by atoms with E-state index in [1.165, 1.54) is 18.2 Å². The van der Waals surface area contributed by atoms with Crippen LogP contribution < -0.4 is 22.1 Å². The Morgan fingerprint density at radius 2 is 1.69 bits per heavy atom. The monoisotopic (exact) mass is 488 g/mol. The van der Waals surface area contributed by atoms with Crippen molar-refractivity contribution in [2.24, 2.45) is 11.5 Å². The van der Waals surface area contributed by atoms with Crippen molar-refractivity contribution in [3.8, 4) is 22.6 Å². The van der Waals surface area contributed by atoms with Gasteiger partial charge in [0.15, 0.2) is 0 Å². The maximum atomic E-state index is 12.9. The summed E-state index contributed by atoms with van der Waals surface area (Å²) in [5.74, 6) is -2.67. The number of carboxylic acids is 1. The molecule has 0 unspecified atom stereocenters. The zero-order chi connectivity index (χ0) is 24.1. The summed E-state index contributed by atoms with van der Waals surface area (Å²) < 4.78 is 0. The first-order valence-electron chi connectivity index (χ1n) is 10.6. The summed E-state index contributed by atoms with van der Waals surface area (Å²) in [6, 6.07) is 6.00. The fourth-order valence-corrected chi connectivity index (χ4v) is 3.79. The number of carboxylic acid groups (broad SMARTS) is 1. The maximum absolute atomic E-state index is 12.9. The van der Waals surface area contributed by atoms with Crippen molar-refractivity contribution in [3.05, 3.63) is 47.5 Å². The first-order valence-corrected chi connectivity index (χ1v) is 10.6. The Morgan fingerprint density at radius 1 is 0.971 bits per heavy atom. The van der Waals surface area contributed by atoms with Gasteiger partial charge in [0.25, 0.3) is 0 Å². The normalized spacial score (nSPS) is 20.1. The smallest absolute Gasteiger partial charge is 0.326 e. The highest BCUT2D eigenvalue weighted by atomic mass is 16.4. The van der Waals surface area contributed by atoms with Crippen LogP contribution >= 0.6 is 0 Å². The zero-order valence-corrected chi connectivity index (χ0v) is 18.0. The Balaban J connectivity index is 0.00000306. The summed E-state index contributed by atoms with van der Waals surface area (Å²) in [7, 11) is 0. The summed E-state index contributed by atoms with van der Waals surface area (Å²) in [6.07, 6.45) is 0.527. The molecule has 2 aromatic rings. The lowest BCUT2D eigenvalue weighted by Gasteiger charge is -2.23. The van der Waals surface area contributed by atoms with E-state index in [1.54, 1.807) is 18.2 Å². The molecule has 1 aliphatic rings. The number of rotatable bonds is 4. The first kappa shape index (κ1) is 29.4. The lowest BCUT2D eigenvalue weighted by molar-refractivity contribution is -0.142. The molecule has 3 rings (SSSR count). The number of carbonyl (C=O) groups excluding carboxylic acids is 2. The summed E-state index contributed by atoms with van der Waals surface area (Å²) in [5.41, 5.74) is 13.7. The van der Waals surface area contributed by atoms with Crippen molar-refractivity contribution in [1.82, 2.24) is 10.6 Å². The van der Waals surface area contributed by atoms with Crippen molar-refractivity contribution in [3.63, 3.8) is 0 Å². The molecule has 2 amide bonds. The number of aliphatic carboxylic acids is 1. The Bertz CT molecular complexity index is 1060. The topological polar surface area (TPSA) is 188 Å². The number of benzene rings is 2. The van der Waals surface area contributed by atoms with Gasteiger partial charge >= 0.3 is 5.97 Å². The fourth-order valence-electron chi connectivity index (χ4n) is 3.79. The van der Waals surface area contributed by atoms with Crippen LogP contribution in [-0.2, 0) is 27.2 Å². The molecule has 10 heteroatoms. The summed E-state index contributed by atoms with van der Waals surface area (Å²) in [4.78, 5) is 37.4. The lowest BCUT2D eigenvalue weighted by atomic mass is 9.95. The molecule has 3 atom stereocenters. The third kappa shape index (κ3) is 7.43. The lowest BCUT2D eigenvalue weighted by Crippen LogP contribution is -2.55. The largest absolute Gasteiger partial charge is 0.508 e. The highest BCUT2D eigenvalue weighted by Crippen LogP contribution is 2.30. The Kier molecular flexibility index (Phi) is 10.7. The van der Waals surface area contributed by atoms with Gasteiger partial charge in [0.05, 0.1) is 6.04 Å². The number of aromatic hydroxyl groups is 2. The highest BCUT2D eigenvalue weighted by Gasteiger charge is 2.28. The van der Waals surface area contributed by atoms with Crippen LogP contribution in [0, 0.1) is 0 Å². The molecule has 4 bridgehead atoms. The fraction of sp³-hybridized carbons (Fsp3) is 0.400. The molecule has 0 aromatic heterocycles. The molecule has 0 aliphatic carbocycles. The second kappa shape index (κ2) is 12.7. The van der Waals surface area contributed by atoms with E-state index >= 15 is 0 Å². The van der Waals surface area contributed by atoms with Gasteiger partial charge in [-0.2, -0.15) is 0 Å². The maximum Gasteiger partial charge on any atom is 0.326 e. The van der Waals surface area contributed by atoms with Crippen molar-refractivity contribution in [2.45, 2.75) is 58.7 Å². The van der Waals surface area contributed by atoms with Crippen molar-refractivity contribution in [1.29, 1.82) is 0 Å². The molecule has 9 N–H and O–H groups in total. The van der Waals surface area contributed by atoms with Gasteiger partial charge in [0.1, 0.15) is 23.6 Å². The van der Waals surface area contributed by atoms with Crippen molar-refractivity contribution >= 4 is 17.8 Å². The average Bonchev–Trinajstić information content (AvgIpc) is 2.76. The van der Waals surface area contributed by atoms with Crippen LogP contribution in [0.25, 0.3) is 11.1 Å². The SMILES string of the molecule is C.C.NCCC[C@@H]1NC(=O)[C@@H](N)Cc2cc(ccc2O)-c2cc(O)cc(c2)C[C@@H](C(=O)O)NC1=O. The van der Waals surface area contributed by atoms with Gasteiger partial charge in [-0.3, -0.25) is 9.59 Å². The van der Waals surface area contributed by atoms with Crippen LogP contribution in [0.1, 0.15) is 38.8 Å². The Hall–Kier alpha value is -3.63. The summed E-state index contributed by atoms with van der Waals surface area (Å²) >= 11 is 0. The minimum Gasteiger partial charge on any atom is -0.508 e. The molecule has 0 spiro atoms. The van der Waals surface area contributed by atoms with E-state index in [2.05, 4.69) is 10.6 Å². The van der Waals surface area contributed by atoms with Crippen molar-refractivity contribution < 1.29 is 29.7 Å². The summed E-state index contributed by atoms with van der Waals surface area (Å²) in [6.45, 7) is 0.279. The standard InChI is InChI=1S/C23H28N4O6.2CH4/c24-5-1-2-18-22(31)27-19(23(32)33)8-12-6-14(10-16(28)7-12)13-3-4-20(29)15(9-13)11-17(25)21(30)26-18;;/h3-4,6-7,9-10,17-19,28-29H,1-2,5,8,11,24-25H2,(H,26,30)(H,27,31)(H,32,33);2*1H4/t17-,18-,19-;;/m0../s1. The van der Waals surface area contributed by atoms with Gasteiger partial charge in [-0.1, -0.05) is 27.0 Å². The van der Waals surface area contributed by atoms with Gasteiger partial charge in [-0.05, 0) is 65.9 Å². The number of phenolic OH excluding ortho intramolecular Hbond substituents is 2. The van der Waals surface area contributed by atoms with E-state index in [0.717, 1.165) is 0 Å². The first-order chi connectivity index (χ1) is 15.7. The number of fused-ring (bicyclic) bond motifs is 5. The third-order valence-corrected chi connectivity index (χ3v) is 5.55. The molecular formula is C25H36N4O6. The molecule has 2 aromatic carbocycles. The van der Waals surface area contributed by atoms with E-state index in [4.69, 9.17) is 11.5 Å². The molecule has 1 aliphatic heterocycles. The second-order valence-corrected chi connectivity index (χ2v) is 8.14. The van der Waals surface area contributed by atoms with Crippen LogP contribution in [0.4, 0.5) is 0 Å². The van der Waals surface area contributed by atoms with Crippen LogP contribution in [0.3, 0.4) is 0 Å². The van der Waals surface area contributed by atoms with Gasteiger partial charge in [0, 0.05) is 12.8 Å². The molecule has 0 saturated heterocycles. The number of phenols is 2. The van der Waals surface area contributed by atoms with Gasteiger partial charge in [-0.25, -0.2) is 4.79 Å². The number of amides is 2. The molecular weight excluding hydrogens is 452 g/mol. The third-order valence-electron chi connectivity index (χ3n) is 5.55. The highest BCUT2D eigenvalue weighted by molar-refractivity contribution is 5.92. The van der Waals surface area contributed by atoms with Crippen LogP contribution in [0.15, 0.2) is 36.4 Å². The quantitative estimate of drug-likeness (QED) is 0.335. The second-order valence-electron chi connectivity index (χ2n) is 8.14. The number of hydrogen-bond donors (Lipinski definition) is 7. The van der Waals surface area contributed by atoms with Crippen molar-refractivity contribution in [2.75, 3.05) is 6.54 Å². The molecule has 0 fully saturated rings. The van der Waals surface area contributed by atoms with E-state index in [-0.39, 0.29) is 52.2 Å². The number of nitrogens with two attached hydrogens (primary N) is 2. The minimum absolute atomic E-state index is 0. The van der Waals surface area contributed by atoms with Gasteiger partial charge in [-0.15, -0.1) is 0 Å². The molecule has 192 valence electrons. The Morgan fingerprint density at radius 3 is 2.34 bits per heavy atom. The number of hydrogen-bond acceptors (Lipinski definition) is 7. The van der Waals surface area contributed by atoms with Crippen LogP contribution in [0.2, 0.25) is 0 Å². The molecule has 1 heterocycles. The molecule has 35 heavy (non-hydrogen) atoms. The predicted molar refractivity (Wildman–Crippen MR) is 134 cm³/mol. The van der Waals surface area contributed by atoms with E-state index in [0.29, 0.717) is 28.7 Å². The predicted octanol–water partition coefficient (Wildman–Crippen LogP) is 1.26. The van der Waals surface area contributed by atoms with Crippen LogP contribution in [0.5, 0.6) is 11.5 Å². The van der Waals surface area contributed by atoms with Gasteiger partial charge in [0.2, 0.25) is 11.8 Å². The Labute approximate surface area is 205 Å². The minimum atomic E-state index is -1.29. The van der Waals surface area contributed by atoms with E-state index < -0.39 is 35.9 Å². The number of nitrogens with one attached hydrogen (secondary N) is 2. The summed E-state index contributed by atoms with van der Waals surface area (Å²) in [5, 5.41) is 35.2. The molecule has 0 radical (unpaired) electrons. The van der Waals surface area contributed by atoms with E-state index in [1.807, 2.05) is 0 Å². The molecule has 0 saturated carbocycles. The molecule has 10 nitrogen and oxygen atoms in total. The van der Waals surface area contributed by atoms with E-state index in [9.17, 15) is 29.7 Å².